The van der Waals surface area contributed by atoms with Crippen LogP contribution >= 0.6 is 0 Å². The van der Waals surface area contributed by atoms with Gasteiger partial charge in [-0.3, -0.25) is 9.59 Å². The monoisotopic (exact) mass is 376 g/mol. The molecule has 0 atom stereocenters. The fourth-order valence-corrected chi connectivity index (χ4v) is 2.27. The maximum Gasteiger partial charge on any atom is 0.344 e. The van der Waals surface area contributed by atoms with Gasteiger partial charge in [0.25, 0.3) is 11.5 Å². The van der Waals surface area contributed by atoms with Crippen molar-refractivity contribution in [3.05, 3.63) is 51.9 Å². The van der Waals surface area contributed by atoms with E-state index in [9.17, 15) is 14.4 Å². The second kappa shape index (κ2) is 9.27. The molecule has 2 N–H and O–H groups in total. The van der Waals surface area contributed by atoms with Gasteiger partial charge >= 0.3 is 5.97 Å². The molecule has 1 aromatic carbocycles. The van der Waals surface area contributed by atoms with Gasteiger partial charge in [0.05, 0.1) is 21.3 Å². The second-order valence-corrected chi connectivity index (χ2v) is 5.28. The number of H-pyrrole nitrogens is 1. The van der Waals surface area contributed by atoms with Crippen molar-refractivity contribution in [2.24, 2.45) is 0 Å². The Morgan fingerprint density at radius 1 is 1.04 bits per heavy atom. The average Bonchev–Trinajstić information content (AvgIpc) is 2.69. The molecule has 27 heavy (non-hydrogen) atoms. The second-order valence-electron chi connectivity index (χ2n) is 5.28. The fraction of sp³-hybridized carbons (Fsp3) is 0.278. The maximum absolute atomic E-state index is 11.9. The molecule has 0 unspecified atom stereocenters. The summed E-state index contributed by atoms with van der Waals surface area (Å²) < 4.78 is 20.6. The summed E-state index contributed by atoms with van der Waals surface area (Å²) in [6.07, 6.45) is 1.39. The van der Waals surface area contributed by atoms with Crippen LogP contribution in [0.2, 0.25) is 0 Å². The van der Waals surface area contributed by atoms with Crippen molar-refractivity contribution >= 4 is 11.9 Å². The number of esters is 1. The number of aromatic amines is 1. The number of hydrogen-bond donors (Lipinski definition) is 2. The minimum Gasteiger partial charge on any atom is -0.496 e. The number of hydrogen-bond acceptors (Lipinski definition) is 7. The standard InChI is InChI=1S/C18H20N2O7/c1-24-13-8-15(26-3)14(25-2)7-11(13)9-20-16(21)10-27-18(23)12-5-4-6-19-17(12)22/h4-8H,9-10H2,1-3H3,(H,19,22)(H,20,21). The highest BCUT2D eigenvalue weighted by atomic mass is 16.5. The van der Waals surface area contributed by atoms with Gasteiger partial charge in [0, 0.05) is 24.4 Å². The topological polar surface area (TPSA) is 116 Å². The Morgan fingerprint density at radius 3 is 2.33 bits per heavy atom. The highest BCUT2D eigenvalue weighted by Gasteiger charge is 2.15. The molecule has 1 amide bonds. The van der Waals surface area contributed by atoms with E-state index in [0.717, 1.165) is 0 Å². The molecular formula is C18H20N2O7. The first-order valence-electron chi connectivity index (χ1n) is 7.90. The maximum atomic E-state index is 11.9. The Morgan fingerprint density at radius 2 is 1.70 bits per heavy atom. The van der Waals surface area contributed by atoms with Gasteiger partial charge in [0.1, 0.15) is 11.3 Å². The quantitative estimate of drug-likeness (QED) is 0.657. The van der Waals surface area contributed by atoms with Crippen LogP contribution in [-0.4, -0.2) is 44.8 Å². The minimum atomic E-state index is -0.879. The van der Waals surface area contributed by atoms with Crippen molar-refractivity contribution in [2.45, 2.75) is 6.54 Å². The number of aromatic nitrogens is 1. The molecule has 0 aliphatic carbocycles. The summed E-state index contributed by atoms with van der Waals surface area (Å²) in [7, 11) is 4.49. The van der Waals surface area contributed by atoms with E-state index in [0.29, 0.717) is 22.8 Å². The lowest BCUT2D eigenvalue weighted by Gasteiger charge is -2.14. The summed E-state index contributed by atoms with van der Waals surface area (Å²) in [6, 6.07) is 6.12. The van der Waals surface area contributed by atoms with E-state index >= 15 is 0 Å². The molecule has 0 fully saturated rings. The van der Waals surface area contributed by atoms with Crippen molar-refractivity contribution in [2.75, 3.05) is 27.9 Å². The number of nitrogens with one attached hydrogen (secondary N) is 2. The molecule has 0 bridgehead atoms. The third-order valence-corrected chi connectivity index (χ3v) is 3.64. The van der Waals surface area contributed by atoms with Crippen molar-refractivity contribution in [1.29, 1.82) is 0 Å². The summed E-state index contributed by atoms with van der Waals surface area (Å²) in [4.78, 5) is 37.6. The zero-order valence-corrected chi connectivity index (χ0v) is 15.2. The van der Waals surface area contributed by atoms with E-state index in [1.807, 2.05) is 0 Å². The van der Waals surface area contributed by atoms with Crippen molar-refractivity contribution < 1.29 is 28.5 Å². The normalized spacial score (nSPS) is 10.0. The highest BCUT2D eigenvalue weighted by molar-refractivity contribution is 5.90. The van der Waals surface area contributed by atoms with Crippen LogP contribution in [0.4, 0.5) is 0 Å². The first-order chi connectivity index (χ1) is 13.0. The number of pyridine rings is 1. The zero-order chi connectivity index (χ0) is 19.8. The third kappa shape index (κ3) is 5.00. The molecule has 0 radical (unpaired) electrons. The largest absolute Gasteiger partial charge is 0.496 e. The van der Waals surface area contributed by atoms with Crippen molar-refractivity contribution in [3.63, 3.8) is 0 Å². The lowest BCUT2D eigenvalue weighted by atomic mass is 10.1. The van der Waals surface area contributed by atoms with E-state index in [-0.39, 0.29) is 12.1 Å². The number of benzene rings is 1. The lowest BCUT2D eigenvalue weighted by Crippen LogP contribution is -2.29. The van der Waals surface area contributed by atoms with Crippen molar-refractivity contribution in [1.82, 2.24) is 10.3 Å². The van der Waals surface area contributed by atoms with E-state index in [1.54, 1.807) is 12.1 Å². The van der Waals surface area contributed by atoms with Crippen LogP contribution in [0, 0.1) is 0 Å². The molecule has 9 heteroatoms. The molecule has 9 nitrogen and oxygen atoms in total. The van der Waals surface area contributed by atoms with Crippen LogP contribution in [0.5, 0.6) is 17.2 Å². The molecule has 1 heterocycles. The SMILES string of the molecule is COc1cc(OC)c(OC)cc1CNC(=O)COC(=O)c1ccc[nH]c1=O. The first kappa shape index (κ1) is 19.8. The molecule has 1 aromatic heterocycles. The average molecular weight is 376 g/mol. The number of amides is 1. The lowest BCUT2D eigenvalue weighted by molar-refractivity contribution is -0.124. The van der Waals surface area contributed by atoms with Crippen LogP contribution < -0.4 is 25.1 Å². The number of carbonyl (C=O) groups excluding carboxylic acids is 2. The van der Waals surface area contributed by atoms with Gasteiger partial charge < -0.3 is 29.2 Å². The van der Waals surface area contributed by atoms with Crippen LogP contribution in [0.15, 0.2) is 35.3 Å². The molecule has 144 valence electrons. The highest BCUT2D eigenvalue weighted by Crippen LogP contribution is 2.34. The van der Waals surface area contributed by atoms with Crippen LogP contribution in [0.1, 0.15) is 15.9 Å². The molecule has 0 saturated carbocycles. The van der Waals surface area contributed by atoms with Crippen LogP contribution in [0.3, 0.4) is 0 Å². The zero-order valence-electron chi connectivity index (χ0n) is 15.2. The Hall–Kier alpha value is -3.49. The first-order valence-corrected chi connectivity index (χ1v) is 7.90. The van der Waals surface area contributed by atoms with Gasteiger partial charge in [-0.1, -0.05) is 0 Å². The summed E-state index contributed by atoms with van der Waals surface area (Å²) in [5.74, 6) is 0.0627. The van der Waals surface area contributed by atoms with Gasteiger partial charge in [-0.05, 0) is 18.2 Å². The molecule has 0 aliphatic rings. The van der Waals surface area contributed by atoms with Crippen LogP contribution in [0.25, 0.3) is 0 Å². The molecule has 2 aromatic rings. The van der Waals surface area contributed by atoms with E-state index in [1.165, 1.54) is 39.7 Å². The molecule has 0 spiro atoms. The summed E-state index contributed by atoms with van der Waals surface area (Å²) in [6.45, 7) is -0.408. The Balaban J connectivity index is 1.96. The number of rotatable bonds is 8. The van der Waals surface area contributed by atoms with E-state index in [2.05, 4.69) is 10.3 Å². The number of methoxy groups -OCH3 is 3. The van der Waals surface area contributed by atoms with E-state index < -0.39 is 24.0 Å². The summed E-state index contributed by atoms with van der Waals surface area (Å²) in [5.41, 5.74) is -0.112. The molecular weight excluding hydrogens is 356 g/mol. The van der Waals surface area contributed by atoms with Gasteiger partial charge in [-0.25, -0.2) is 4.79 Å². The fourth-order valence-electron chi connectivity index (χ4n) is 2.27. The smallest absolute Gasteiger partial charge is 0.344 e. The van der Waals surface area contributed by atoms with Gasteiger partial charge in [-0.15, -0.1) is 0 Å². The Labute approximate surface area is 155 Å². The minimum absolute atomic E-state index is 0.117. The van der Waals surface area contributed by atoms with Gasteiger partial charge in [0.15, 0.2) is 18.1 Å². The molecule has 0 aliphatic heterocycles. The number of carbonyl (C=O) groups is 2. The van der Waals surface area contributed by atoms with Gasteiger partial charge in [0.2, 0.25) is 0 Å². The van der Waals surface area contributed by atoms with Crippen molar-refractivity contribution in [3.8, 4) is 17.2 Å². The summed E-state index contributed by atoms with van der Waals surface area (Å²) >= 11 is 0. The molecule has 2 rings (SSSR count). The number of ether oxygens (including phenoxy) is 4. The van der Waals surface area contributed by atoms with E-state index in [4.69, 9.17) is 18.9 Å². The Kier molecular flexibility index (Phi) is 6.81. The van der Waals surface area contributed by atoms with Crippen LogP contribution in [-0.2, 0) is 16.1 Å². The predicted octanol–water partition coefficient (Wildman–Crippen LogP) is 0.874. The predicted molar refractivity (Wildman–Crippen MR) is 95.3 cm³/mol. The van der Waals surface area contributed by atoms with Gasteiger partial charge in [-0.2, -0.15) is 0 Å². The third-order valence-electron chi connectivity index (χ3n) is 3.64. The Bertz CT molecular complexity index is 876. The summed E-state index contributed by atoms with van der Waals surface area (Å²) in [5, 5.41) is 2.61. The molecule has 0 saturated heterocycles.